The van der Waals surface area contributed by atoms with Gasteiger partial charge in [0.1, 0.15) is 17.7 Å². The van der Waals surface area contributed by atoms with Crippen molar-refractivity contribution >= 4 is 17.1 Å². The number of nitriles is 1. The number of nitrogens with zero attached hydrogens (tertiary/aromatic N) is 1. The number of hydrogen-bond acceptors (Lipinski definition) is 3. The Morgan fingerprint density at radius 1 is 1.16 bits per heavy atom. The van der Waals surface area contributed by atoms with Gasteiger partial charge in [0, 0.05) is 17.4 Å². The number of nitrogens with two attached hydrogens (primary N) is 1. The second kappa shape index (κ2) is 4.94. The summed E-state index contributed by atoms with van der Waals surface area (Å²) < 4.78 is 27.1. The van der Waals surface area contributed by atoms with Crippen LogP contribution in [0.1, 0.15) is 11.1 Å². The molecule has 0 fully saturated rings. The van der Waals surface area contributed by atoms with Crippen molar-refractivity contribution in [3.05, 3.63) is 53.1 Å². The van der Waals surface area contributed by atoms with Crippen LogP contribution in [0.15, 0.2) is 30.3 Å². The van der Waals surface area contributed by atoms with Gasteiger partial charge in [-0.15, -0.1) is 0 Å². The normalized spacial score (nSPS) is 10.0. The summed E-state index contributed by atoms with van der Waals surface area (Å²) in [5.41, 5.74) is 6.91. The molecule has 0 aromatic heterocycles. The zero-order valence-corrected chi connectivity index (χ0v) is 10.2. The largest absolute Gasteiger partial charge is 0.398 e. The summed E-state index contributed by atoms with van der Waals surface area (Å²) in [6.45, 7) is 1.49. The molecule has 2 aromatic carbocycles. The van der Waals surface area contributed by atoms with Gasteiger partial charge < -0.3 is 11.1 Å². The second-order valence-corrected chi connectivity index (χ2v) is 4.12. The first-order valence-corrected chi connectivity index (χ1v) is 5.53. The van der Waals surface area contributed by atoms with Gasteiger partial charge in [-0.05, 0) is 36.8 Å². The lowest BCUT2D eigenvalue weighted by Crippen LogP contribution is -1.98. The molecule has 19 heavy (non-hydrogen) atoms. The highest BCUT2D eigenvalue weighted by Crippen LogP contribution is 2.25. The molecule has 0 unspecified atom stereocenters. The third kappa shape index (κ3) is 2.63. The van der Waals surface area contributed by atoms with Crippen molar-refractivity contribution < 1.29 is 8.78 Å². The van der Waals surface area contributed by atoms with Crippen molar-refractivity contribution in [3.8, 4) is 6.07 Å². The Kier molecular flexibility index (Phi) is 3.34. The summed E-state index contributed by atoms with van der Waals surface area (Å²) in [6.07, 6.45) is 0. The van der Waals surface area contributed by atoms with E-state index in [1.54, 1.807) is 6.07 Å². The van der Waals surface area contributed by atoms with E-state index in [0.717, 1.165) is 12.1 Å². The van der Waals surface area contributed by atoms with E-state index in [1.165, 1.54) is 19.1 Å². The van der Waals surface area contributed by atoms with Crippen LogP contribution in [0, 0.1) is 29.9 Å². The fourth-order valence-corrected chi connectivity index (χ4v) is 1.63. The van der Waals surface area contributed by atoms with E-state index in [-0.39, 0.29) is 16.8 Å². The summed E-state index contributed by atoms with van der Waals surface area (Å²) in [5, 5.41) is 11.6. The molecule has 2 aromatic rings. The third-order valence-electron chi connectivity index (χ3n) is 2.70. The highest BCUT2D eigenvalue weighted by Gasteiger charge is 2.08. The molecule has 2 rings (SSSR count). The summed E-state index contributed by atoms with van der Waals surface area (Å²) in [7, 11) is 0. The topological polar surface area (TPSA) is 61.8 Å². The minimum absolute atomic E-state index is 0.0109. The van der Waals surface area contributed by atoms with Crippen LogP contribution in [0.25, 0.3) is 0 Å². The van der Waals surface area contributed by atoms with Crippen molar-refractivity contribution in [3.63, 3.8) is 0 Å². The van der Waals surface area contributed by atoms with Gasteiger partial charge >= 0.3 is 0 Å². The van der Waals surface area contributed by atoms with Crippen LogP contribution >= 0.6 is 0 Å². The molecule has 0 saturated carbocycles. The number of rotatable bonds is 2. The lowest BCUT2D eigenvalue weighted by Gasteiger charge is -2.10. The predicted octanol–water partition coefficient (Wildman–Crippen LogP) is 3.47. The average Bonchev–Trinajstić information content (AvgIpc) is 2.38. The van der Waals surface area contributed by atoms with Crippen molar-refractivity contribution in [2.45, 2.75) is 6.92 Å². The van der Waals surface area contributed by atoms with Crippen molar-refractivity contribution in [2.24, 2.45) is 0 Å². The number of nitrogens with one attached hydrogen (secondary N) is 1. The molecular formula is C14H11F2N3. The molecule has 3 N–H and O–H groups in total. The summed E-state index contributed by atoms with van der Waals surface area (Å²) >= 11 is 0. The van der Waals surface area contributed by atoms with E-state index < -0.39 is 11.6 Å². The second-order valence-electron chi connectivity index (χ2n) is 4.12. The molecule has 0 atom stereocenters. The maximum absolute atomic E-state index is 13.7. The van der Waals surface area contributed by atoms with Crippen LogP contribution in [0.5, 0.6) is 0 Å². The molecule has 0 heterocycles. The average molecular weight is 259 g/mol. The van der Waals surface area contributed by atoms with E-state index in [1.807, 2.05) is 6.07 Å². The molecule has 0 spiro atoms. The quantitative estimate of drug-likeness (QED) is 0.812. The van der Waals surface area contributed by atoms with Crippen LogP contribution in [-0.4, -0.2) is 0 Å². The monoisotopic (exact) mass is 259 g/mol. The maximum atomic E-state index is 13.7. The lowest BCUT2D eigenvalue weighted by atomic mass is 10.1. The number of hydrogen-bond donors (Lipinski definition) is 2. The fourth-order valence-electron chi connectivity index (χ4n) is 1.63. The van der Waals surface area contributed by atoms with Crippen LogP contribution in [0.3, 0.4) is 0 Å². The van der Waals surface area contributed by atoms with Crippen molar-refractivity contribution in [2.75, 3.05) is 11.1 Å². The number of halogens is 2. The fraction of sp³-hybridized carbons (Fsp3) is 0.0714. The van der Waals surface area contributed by atoms with Crippen molar-refractivity contribution in [1.29, 1.82) is 5.26 Å². The minimum atomic E-state index is -0.561. The Labute approximate surface area is 109 Å². The highest BCUT2D eigenvalue weighted by molar-refractivity contribution is 5.67. The zero-order valence-electron chi connectivity index (χ0n) is 10.2. The number of nitrogen functional groups attached to an aromatic ring is 1. The lowest BCUT2D eigenvalue weighted by molar-refractivity contribution is 0.595. The van der Waals surface area contributed by atoms with Gasteiger partial charge in [0.05, 0.1) is 11.3 Å². The number of benzene rings is 2. The maximum Gasteiger partial charge on any atom is 0.147 e. The van der Waals surface area contributed by atoms with E-state index in [9.17, 15) is 8.78 Å². The van der Waals surface area contributed by atoms with E-state index in [2.05, 4.69) is 5.32 Å². The smallest absolute Gasteiger partial charge is 0.147 e. The first kappa shape index (κ1) is 12.8. The Morgan fingerprint density at radius 3 is 2.58 bits per heavy atom. The SMILES string of the molecule is Cc1cc(F)c(Nc2ccc(N)c(C#N)c2)cc1F. The molecule has 0 saturated heterocycles. The Bertz CT molecular complexity index is 675. The van der Waals surface area contributed by atoms with Gasteiger partial charge in [0.15, 0.2) is 0 Å². The van der Waals surface area contributed by atoms with Gasteiger partial charge in [-0.3, -0.25) is 0 Å². The molecule has 96 valence electrons. The van der Waals surface area contributed by atoms with E-state index in [0.29, 0.717) is 11.4 Å². The molecular weight excluding hydrogens is 248 g/mol. The molecule has 3 nitrogen and oxygen atoms in total. The van der Waals surface area contributed by atoms with Gasteiger partial charge in [-0.2, -0.15) is 5.26 Å². The highest BCUT2D eigenvalue weighted by atomic mass is 19.1. The minimum Gasteiger partial charge on any atom is -0.398 e. The van der Waals surface area contributed by atoms with Gasteiger partial charge in [0.2, 0.25) is 0 Å². The first-order chi connectivity index (χ1) is 9.01. The Balaban J connectivity index is 2.37. The van der Waals surface area contributed by atoms with E-state index >= 15 is 0 Å². The summed E-state index contributed by atoms with van der Waals surface area (Å²) in [6, 6.07) is 8.71. The van der Waals surface area contributed by atoms with Gasteiger partial charge in [-0.25, -0.2) is 8.78 Å². The summed E-state index contributed by atoms with van der Waals surface area (Å²) in [5.74, 6) is -1.06. The molecule has 5 heteroatoms. The standard InChI is InChI=1S/C14H11F2N3/c1-8-4-12(16)14(6-11(8)15)19-10-2-3-13(18)9(5-10)7-17/h2-6,19H,18H2,1H3. The predicted molar refractivity (Wildman–Crippen MR) is 69.9 cm³/mol. The van der Waals surface area contributed by atoms with E-state index in [4.69, 9.17) is 11.0 Å². The van der Waals surface area contributed by atoms with Crippen LogP contribution in [-0.2, 0) is 0 Å². The van der Waals surface area contributed by atoms with Crippen LogP contribution in [0.4, 0.5) is 25.8 Å². The van der Waals surface area contributed by atoms with Gasteiger partial charge in [0.25, 0.3) is 0 Å². The molecule has 0 aliphatic carbocycles. The number of aryl methyl sites for hydroxylation is 1. The third-order valence-corrected chi connectivity index (χ3v) is 2.70. The summed E-state index contributed by atoms with van der Waals surface area (Å²) in [4.78, 5) is 0. The Hall–Kier alpha value is -2.61. The molecule has 0 radical (unpaired) electrons. The molecule has 0 aliphatic rings. The number of anilines is 3. The molecule has 0 bridgehead atoms. The molecule has 0 amide bonds. The van der Waals surface area contributed by atoms with Crippen molar-refractivity contribution in [1.82, 2.24) is 0 Å². The Morgan fingerprint density at radius 2 is 1.89 bits per heavy atom. The zero-order chi connectivity index (χ0) is 14.0. The van der Waals surface area contributed by atoms with Crippen LogP contribution < -0.4 is 11.1 Å². The van der Waals surface area contributed by atoms with Gasteiger partial charge in [-0.1, -0.05) is 0 Å². The first-order valence-electron chi connectivity index (χ1n) is 5.53. The van der Waals surface area contributed by atoms with Crippen LogP contribution in [0.2, 0.25) is 0 Å². The molecule has 0 aliphatic heterocycles.